The standard InChI is InChI=1S/C10H10N2O.ClH/c11-6-5-8-7-3-1-2-4-9(7)12-10(8)13;/h1-4H,5-6,11H2;1H. The Morgan fingerprint density at radius 1 is 1.29 bits per heavy atom. The Kier molecular flexibility index (Phi) is 3.38. The lowest BCUT2D eigenvalue weighted by Crippen LogP contribution is -2.22. The lowest BCUT2D eigenvalue weighted by atomic mass is 10.1. The molecule has 0 aromatic heterocycles. The van der Waals surface area contributed by atoms with Crippen molar-refractivity contribution in [3.63, 3.8) is 0 Å². The number of para-hydroxylation sites is 1. The highest BCUT2D eigenvalue weighted by atomic mass is 35.5. The molecule has 1 aromatic carbocycles. The van der Waals surface area contributed by atoms with Gasteiger partial charge in [0.15, 0.2) is 0 Å². The van der Waals surface area contributed by atoms with Crippen LogP contribution >= 0.6 is 12.4 Å². The zero-order valence-corrected chi connectivity index (χ0v) is 8.38. The van der Waals surface area contributed by atoms with Gasteiger partial charge >= 0.3 is 0 Å². The van der Waals surface area contributed by atoms with Crippen LogP contribution in [0.3, 0.4) is 0 Å². The molecule has 0 unspecified atom stereocenters. The molecule has 0 aliphatic carbocycles. The first-order valence-corrected chi connectivity index (χ1v) is 4.24. The van der Waals surface area contributed by atoms with Crippen molar-refractivity contribution in [3.8, 4) is 0 Å². The zero-order valence-electron chi connectivity index (χ0n) is 7.56. The minimum atomic E-state index is -0.133. The van der Waals surface area contributed by atoms with Gasteiger partial charge in [-0.15, -0.1) is 12.4 Å². The number of hydrogen-bond acceptors (Lipinski definition) is 2. The van der Waals surface area contributed by atoms with Gasteiger partial charge in [0.2, 0.25) is 0 Å². The molecular weight excluding hydrogens is 200 g/mol. The third-order valence-corrected chi connectivity index (χ3v) is 2.10. The molecule has 0 spiro atoms. The van der Waals surface area contributed by atoms with E-state index in [1.54, 1.807) is 0 Å². The van der Waals surface area contributed by atoms with E-state index < -0.39 is 0 Å². The molecule has 0 bridgehead atoms. The van der Waals surface area contributed by atoms with E-state index in [1.165, 1.54) is 0 Å². The van der Waals surface area contributed by atoms with Crippen molar-refractivity contribution in [3.05, 3.63) is 34.8 Å². The van der Waals surface area contributed by atoms with E-state index in [9.17, 15) is 4.79 Å². The van der Waals surface area contributed by atoms with Gasteiger partial charge in [-0.3, -0.25) is 4.79 Å². The third-order valence-electron chi connectivity index (χ3n) is 2.10. The zero-order chi connectivity index (χ0) is 9.26. The Morgan fingerprint density at radius 2 is 2.00 bits per heavy atom. The SMILES string of the molecule is Cl.NCCC1=c2ccccc2=NC1=O. The first-order chi connectivity index (χ1) is 6.33. The Hall–Kier alpha value is -1.19. The summed E-state index contributed by atoms with van der Waals surface area (Å²) in [4.78, 5) is 15.3. The van der Waals surface area contributed by atoms with Crippen LogP contribution in [0, 0.1) is 0 Å². The van der Waals surface area contributed by atoms with Gasteiger partial charge < -0.3 is 5.73 Å². The van der Waals surface area contributed by atoms with Crippen LogP contribution in [0.1, 0.15) is 6.42 Å². The van der Waals surface area contributed by atoms with Gasteiger partial charge in [-0.1, -0.05) is 18.2 Å². The lowest BCUT2D eigenvalue weighted by Gasteiger charge is -1.94. The molecule has 1 amide bonds. The van der Waals surface area contributed by atoms with Crippen molar-refractivity contribution < 1.29 is 4.79 Å². The first-order valence-electron chi connectivity index (χ1n) is 4.24. The molecular formula is C10H11ClN2O. The van der Waals surface area contributed by atoms with E-state index in [-0.39, 0.29) is 18.3 Å². The van der Waals surface area contributed by atoms with Crippen LogP contribution in [0.4, 0.5) is 0 Å². The normalized spacial score (nSPS) is 13.2. The van der Waals surface area contributed by atoms with Gasteiger partial charge in [0.1, 0.15) is 0 Å². The molecule has 1 aliphatic rings. The molecule has 1 aromatic rings. The number of amides is 1. The molecule has 74 valence electrons. The molecule has 14 heavy (non-hydrogen) atoms. The van der Waals surface area contributed by atoms with Crippen molar-refractivity contribution in [2.75, 3.05) is 6.54 Å². The van der Waals surface area contributed by atoms with Gasteiger partial charge in [-0.05, 0) is 19.0 Å². The molecule has 0 fully saturated rings. The van der Waals surface area contributed by atoms with Crippen molar-refractivity contribution >= 4 is 23.9 Å². The smallest absolute Gasteiger partial charge is 0.274 e. The second-order valence-corrected chi connectivity index (χ2v) is 2.95. The minimum absolute atomic E-state index is 0. The second kappa shape index (κ2) is 4.35. The van der Waals surface area contributed by atoms with Crippen LogP contribution in [0.2, 0.25) is 0 Å². The number of nitrogens with two attached hydrogens (primary N) is 1. The molecule has 2 rings (SSSR count). The minimum Gasteiger partial charge on any atom is -0.330 e. The van der Waals surface area contributed by atoms with E-state index in [2.05, 4.69) is 4.99 Å². The summed E-state index contributed by atoms with van der Waals surface area (Å²) in [5.74, 6) is -0.133. The number of fused-ring (bicyclic) bond motifs is 1. The summed E-state index contributed by atoms with van der Waals surface area (Å²) in [7, 11) is 0. The summed E-state index contributed by atoms with van der Waals surface area (Å²) in [6, 6.07) is 7.54. The highest BCUT2D eigenvalue weighted by Crippen LogP contribution is 2.03. The predicted octanol–water partition coefficient (Wildman–Crippen LogP) is -0.232. The van der Waals surface area contributed by atoms with Gasteiger partial charge in [0.25, 0.3) is 5.91 Å². The fraction of sp³-hybridized carbons (Fsp3) is 0.200. The number of nitrogens with zero attached hydrogens (tertiary/aromatic N) is 1. The van der Waals surface area contributed by atoms with Crippen molar-refractivity contribution in [1.82, 2.24) is 0 Å². The Bertz CT molecular complexity index is 467. The van der Waals surface area contributed by atoms with Crippen LogP contribution in [0.5, 0.6) is 0 Å². The third kappa shape index (κ3) is 1.69. The molecule has 4 heteroatoms. The maximum atomic E-state index is 11.4. The van der Waals surface area contributed by atoms with Gasteiger partial charge in [0, 0.05) is 10.8 Å². The number of carbonyl (C=O) groups is 1. The summed E-state index contributed by atoms with van der Waals surface area (Å²) >= 11 is 0. The summed E-state index contributed by atoms with van der Waals surface area (Å²) < 4.78 is 0. The fourth-order valence-electron chi connectivity index (χ4n) is 1.50. The molecule has 0 saturated carbocycles. The predicted molar refractivity (Wildman–Crippen MR) is 56.6 cm³/mol. The number of benzene rings is 1. The lowest BCUT2D eigenvalue weighted by molar-refractivity contribution is -0.112. The maximum absolute atomic E-state index is 11.4. The van der Waals surface area contributed by atoms with Gasteiger partial charge in [-0.25, -0.2) is 4.99 Å². The monoisotopic (exact) mass is 210 g/mol. The van der Waals surface area contributed by atoms with Crippen LogP contribution in [-0.2, 0) is 4.79 Å². The molecule has 2 N–H and O–H groups in total. The van der Waals surface area contributed by atoms with Crippen LogP contribution in [0.25, 0.3) is 5.57 Å². The van der Waals surface area contributed by atoms with Crippen molar-refractivity contribution in [1.29, 1.82) is 0 Å². The molecule has 0 radical (unpaired) electrons. The van der Waals surface area contributed by atoms with Crippen molar-refractivity contribution in [2.24, 2.45) is 10.7 Å². The number of halogens is 1. The fourth-order valence-corrected chi connectivity index (χ4v) is 1.50. The van der Waals surface area contributed by atoms with Crippen LogP contribution in [0.15, 0.2) is 29.3 Å². The number of rotatable bonds is 2. The number of hydrogen-bond donors (Lipinski definition) is 1. The molecule has 1 aliphatic heterocycles. The summed E-state index contributed by atoms with van der Waals surface area (Å²) in [5.41, 5.74) is 6.16. The Labute approximate surface area is 87.7 Å². The highest BCUT2D eigenvalue weighted by molar-refractivity contribution is 6.15. The largest absolute Gasteiger partial charge is 0.330 e. The first kappa shape index (κ1) is 10.9. The van der Waals surface area contributed by atoms with Gasteiger partial charge in [0.05, 0.1) is 5.36 Å². The van der Waals surface area contributed by atoms with Gasteiger partial charge in [-0.2, -0.15) is 0 Å². The molecule has 0 atom stereocenters. The van der Waals surface area contributed by atoms with Crippen LogP contribution in [-0.4, -0.2) is 12.5 Å². The number of carbonyl (C=O) groups excluding carboxylic acids is 1. The second-order valence-electron chi connectivity index (χ2n) is 2.95. The average molecular weight is 211 g/mol. The van der Waals surface area contributed by atoms with Crippen LogP contribution < -0.4 is 16.3 Å². The van der Waals surface area contributed by atoms with E-state index in [0.717, 1.165) is 16.1 Å². The summed E-state index contributed by atoms with van der Waals surface area (Å²) in [6.45, 7) is 0.491. The van der Waals surface area contributed by atoms with Crippen molar-refractivity contribution in [2.45, 2.75) is 6.42 Å². The quantitative estimate of drug-likeness (QED) is 0.733. The summed E-state index contributed by atoms with van der Waals surface area (Å²) in [5, 5.41) is 1.72. The summed E-state index contributed by atoms with van der Waals surface area (Å²) in [6.07, 6.45) is 0.610. The topological polar surface area (TPSA) is 55.4 Å². The van der Waals surface area contributed by atoms with E-state index in [0.29, 0.717) is 13.0 Å². The van der Waals surface area contributed by atoms with E-state index in [4.69, 9.17) is 5.73 Å². The molecule has 3 nitrogen and oxygen atoms in total. The molecule has 1 heterocycles. The maximum Gasteiger partial charge on any atom is 0.274 e. The van der Waals surface area contributed by atoms with E-state index >= 15 is 0 Å². The Morgan fingerprint density at radius 3 is 2.71 bits per heavy atom. The average Bonchev–Trinajstić information content (AvgIpc) is 2.44. The molecule has 0 saturated heterocycles. The Balaban J connectivity index is 0.000000980. The van der Waals surface area contributed by atoms with E-state index in [1.807, 2.05) is 24.3 Å². The highest BCUT2D eigenvalue weighted by Gasteiger charge is 2.13.